The number of nitrogens with one attached hydrogen (secondary N) is 1. The van der Waals surface area contributed by atoms with Gasteiger partial charge in [-0.2, -0.15) is 5.10 Å². The molecule has 0 saturated heterocycles. The quantitative estimate of drug-likeness (QED) is 0.807. The lowest BCUT2D eigenvalue weighted by Crippen LogP contribution is -2.32. The van der Waals surface area contributed by atoms with Crippen molar-refractivity contribution in [2.45, 2.75) is 59.4 Å². The van der Waals surface area contributed by atoms with Crippen LogP contribution in [0.1, 0.15) is 50.1 Å². The molecule has 0 aliphatic carbocycles. The molecule has 3 nitrogen and oxygen atoms in total. The highest BCUT2D eigenvalue weighted by atomic mass is 15.3. The highest BCUT2D eigenvalue weighted by Gasteiger charge is 2.16. The molecule has 0 aliphatic heterocycles. The van der Waals surface area contributed by atoms with E-state index in [-0.39, 0.29) is 0 Å². The van der Waals surface area contributed by atoms with E-state index in [9.17, 15) is 0 Å². The molecule has 0 saturated carbocycles. The summed E-state index contributed by atoms with van der Waals surface area (Å²) in [5, 5.41) is 7.97. The van der Waals surface area contributed by atoms with Gasteiger partial charge in [0.05, 0.1) is 5.69 Å². The van der Waals surface area contributed by atoms with Crippen molar-refractivity contribution in [1.82, 2.24) is 15.1 Å². The van der Waals surface area contributed by atoms with Gasteiger partial charge in [-0.3, -0.25) is 4.68 Å². The van der Waals surface area contributed by atoms with Crippen LogP contribution in [0.5, 0.6) is 0 Å². The topological polar surface area (TPSA) is 29.9 Å². The van der Waals surface area contributed by atoms with E-state index in [2.05, 4.69) is 45.2 Å². The number of hydrogen-bond donors (Lipinski definition) is 1. The van der Waals surface area contributed by atoms with Gasteiger partial charge in [-0.15, -0.1) is 0 Å². The molecule has 18 heavy (non-hydrogen) atoms. The van der Waals surface area contributed by atoms with Crippen molar-refractivity contribution in [2.24, 2.45) is 13.0 Å². The molecule has 104 valence electrons. The molecule has 0 bridgehead atoms. The number of nitrogens with zero attached hydrogens (tertiary/aromatic N) is 2. The summed E-state index contributed by atoms with van der Waals surface area (Å²) in [7, 11) is 4.11. The summed E-state index contributed by atoms with van der Waals surface area (Å²) in [4.78, 5) is 0. The zero-order chi connectivity index (χ0) is 13.7. The van der Waals surface area contributed by atoms with Crippen LogP contribution in [0, 0.1) is 19.8 Å². The van der Waals surface area contributed by atoms with Crippen LogP contribution in [-0.4, -0.2) is 22.9 Å². The number of hydrogen-bond acceptors (Lipinski definition) is 2. The maximum atomic E-state index is 4.49. The first-order chi connectivity index (χ1) is 8.51. The lowest BCUT2D eigenvalue weighted by molar-refractivity contribution is 0.355. The maximum Gasteiger partial charge on any atom is 0.0628 e. The SMILES string of the molecule is CCCC(C)C(CCc1c(C)nn(C)c1C)NC. The highest BCUT2D eigenvalue weighted by molar-refractivity contribution is 5.24. The molecular weight excluding hydrogens is 222 g/mol. The van der Waals surface area contributed by atoms with Gasteiger partial charge in [-0.1, -0.05) is 20.3 Å². The maximum absolute atomic E-state index is 4.49. The molecule has 0 aliphatic rings. The van der Waals surface area contributed by atoms with E-state index in [1.807, 2.05) is 11.7 Å². The zero-order valence-electron chi connectivity index (χ0n) is 12.9. The Balaban J connectivity index is 2.62. The Hall–Kier alpha value is -0.830. The molecule has 0 aromatic carbocycles. The third-order valence-corrected chi connectivity index (χ3v) is 4.17. The van der Waals surface area contributed by atoms with Gasteiger partial charge in [0, 0.05) is 18.8 Å². The van der Waals surface area contributed by atoms with Crippen molar-refractivity contribution in [2.75, 3.05) is 7.05 Å². The first-order valence-corrected chi connectivity index (χ1v) is 7.17. The zero-order valence-corrected chi connectivity index (χ0v) is 12.9. The fourth-order valence-corrected chi connectivity index (χ4v) is 2.85. The van der Waals surface area contributed by atoms with Crippen molar-refractivity contribution < 1.29 is 0 Å². The highest BCUT2D eigenvalue weighted by Crippen LogP contribution is 2.19. The smallest absolute Gasteiger partial charge is 0.0628 e. The van der Waals surface area contributed by atoms with E-state index in [0.717, 1.165) is 12.3 Å². The predicted molar refractivity (Wildman–Crippen MR) is 77.9 cm³/mol. The van der Waals surface area contributed by atoms with Gasteiger partial charge >= 0.3 is 0 Å². The summed E-state index contributed by atoms with van der Waals surface area (Å²) in [6, 6.07) is 0.615. The van der Waals surface area contributed by atoms with Crippen LogP contribution in [0.4, 0.5) is 0 Å². The van der Waals surface area contributed by atoms with Crippen molar-refractivity contribution in [3.05, 3.63) is 17.0 Å². The van der Waals surface area contributed by atoms with Gasteiger partial charge in [0.1, 0.15) is 0 Å². The lowest BCUT2D eigenvalue weighted by atomic mass is 9.91. The predicted octanol–water partition coefficient (Wildman–Crippen LogP) is 2.99. The Bertz CT molecular complexity index is 368. The van der Waals surface area contributed by atoms with E-state index in [1.165, 1.54) is 36.2 Å². The summed E-state index contributed by atoms with van der Waals surface area (Å²) < 4.78 is 1.99. The van der Waals surface area contributed by atoms with Crippen LogP contribution in [-0.2, 0) is 13.5 Å². The minimum atomic E-state index is 0.615. The second-order valence-electron chi connectivity index (χ2n) is 5.47. The van der Waals surface area contributed by atoms with Gasteiger partial charge in [0.25, 0.3) is 0 Å². The van der Waals surface area contributed by atoms with E-state index in [4.69, 9.17) is 0 Å². The summed E-state index contributed by atoms with van der Waals surface area (Å²) in [6.45, 7) is 8.90. The van der Waals surface area contributed by atoms with E-state index in [0.29, 0.717) is 6.04 Å². The monoisotopic (exact) mass is 251 g/mol. The normalized spacial score (nSPS) is 14.8. The molecule has 1 rings (SSSR count). The largest absolute Gasteiger partial charge is 0.317 e. The minimum Gasteiger partial charge on any atom is -0.317 e. The molecule has 1 aromatic heterocycles. The summed E-state index contributed by atoms with van der Waals surface area (Å²) in [5.74, 6) is 0.747. The van der Waals surface area contributed by atoms with Crippen molar-refractivity contribution >= 4 is 0 Å². The van der Waals surface area contributed by atoms with Crippen LogP contribution < -0.4 is 5.32 Å². The third kappa shape index (κ3) is 3.58. The average Bonchev–Trinajstić information content (AvgIpc) is 2.56. The van der Waals surface area contributed by atoms with Crippen molar-refractivity contribution in [3.63, 3.8) is 0 Å². The molecule has 1 heterocycles. The number of rotatable bonds is 7. The molecule has 3 heteroatoms. The second kappa shape index (κ2) is 6.93. The molecule has 0 amide bonds. The standard InChI is InChI=1S/C15H29N3/c1-7-8-11(2)15(16-5)10-9-14-12(3)17-18(6)13(14)4/h11,15-16H,7-10H2,1-6H3. The molecule has 0 fully saturated rings. The van der Waals surface area contributed by atoms with E-state index in [1.54, 1.807) is 0 Å². The van der Waals surface area contributed by atoms with Gasteiger partial charge < -0.3 is 5.32 Å². The van der Waals surface area contributed by atoms with Crippen LogP contribution in [0.2, 0.25) is 0 Å². The molecule has 2 unspecified atom stereocenters. The van der Waals surface area contributed by atoms with Crippen molar-refractivity contribution in [3.8, 4) is 0 Å². The van der Waals surface area contributed by atoms with Gasteiger partial charge in [-0.25, -0.2) is 0 Å². The Labute approximate surface area is 112 Å². The molecule has 1 aromatic rings. The summed E-state index contributed by atoms with van der Waals surface area (Å²) in [5.41, 5.74) is 3.93. The fraction of sp³-hybridized carbons (Fsp3) is 0.800. The van der Waals surface area contributed by atoms with E-state index >= 15 is 0 Å². The Morgan fingerprint density at radius 3 is 2.39 bits per heavy atom. The Morgan fingerprint density at radius 2 is 1.94 bits per heavy atom. The molecule has 0 spiro atoms. The van der Waals surface area contributed by atoms with Gasteiger partial charge in [0.2, 0.25) is 0 Å². The average molecular weight is 251 g/mol. The lowest BCUT2D eigenvalue weighted by Gasteiger charge is -2.23. The summed E-state index contributed by atoms with van der Waals surface area (Å²) >= 11 is 0. The van der Waals surface area contributed by atoms with Crippen LogP contribution >= 0.6 is 0 Å². The first kappa shape index (κ1) is 15.2. The van der Waals surface area contributed by atoms with Crippen LogP contribution in [0.3, 0.4) is 0 Å². The molecule has 0 radical (unpaired) electrons. The summed E-state index contributed by atoms with van der Waals surface area (Å²) in [6.07, 6.45) is 4.90. The van der Waals surface area contributed by atoms with Gasteiger partial charge in [0.15, 0.2) is 0 Å². The number of aromatic nitrogens is 2. The van der Waals surface area contributed by atoms with Crippen LogP contribution in [0.25, 0.3) is 0 Å². The fourth-order valence-electron chi connectivity index (χ4n) is 2.85. The second-order valence-corrected chi connectivity index (χ2v) is 5.47. The molecule has 1 N–H and O–H groups in total. The van der Waals surface area contributed by atoms with Crippen molar-refractivity contribution in [1.29, 1.82) is 0 Å². The van der Waals surface area contributed by atoms with Crippen LogP contribution in [0.15, 0.2) is 0 Å². The van der Waals surface area contributed by atoms with Gasteiger partial charge in [-0.05, 0) is 51.6 Å². The molecule has 2 atom stereocenters. The molecular formula is C15H29N3. The minimum absolute atomic E-state index is 0.615. The Kier molecular flexibility index (Phi) is 5.86. The number of aryl methyl sites for hydroxylation is 2. The first-order valence-electron chi connectivity index (χ1n) is 7.17. The third-order valence-electron chi connectivity index (χ3n) is 4.17. The van der Waals surface area contributed by atoms with E-state index < -0.39 is 0 Å². The Morgan fingerprint density at radius 1 is 1.28 bits per heavy atom.